The number of hydrogen-bond donors (Lipinski definition) is 2. The topological polar surface area (TPSA) is 69.9 Å². The molecule has 78 valence electrons. The first kappa shape index (κ1) is 9.58. The van der Waals surface area contributed by atoms with Gasteiger partial charge < -0.3 is 11.6 Å². The van der Waals surface area contributed by atoms with Crippen LogP contribution in [0.5, 0.6) is 0 Å². The Hall–Kier alpha value is -1.97. The summed E-state index contributed by atoms with van der Waals surface area (Å²) in [5, 5.41) is 0. The molecule has 0 fully saturated rings. The van der Waals surface area contributed by atoms with Crippen molar-refractivity contribution >= 4 is 5.82 Å². The van der Waals surface area contributed by atoms with Crippen molar-refractivity contribution in [2.24, 2.45) is 0 Å². The molecule has 1 aromatic carbocycles. The van der Waals surface area contributed by atoms with Crippen LogP contribution in [0.2, 0.25) is 0 Å². The van der Waals surface area contributed by atoms with Crippen molar-refractivity contribution < 1.29 is 0 Å². The average Bonchev–Trinajstić information content (AvgIpc) is 2.46. The maximum Gasteiger partial charge on any atom is 0.150 e. The lowest BCUT2D eigenvalue weighted by Gasteiger charge is -2.03. The summed E-state index contributed by atoms with van der Waals surface area (Å²) in [5.41, 5.74) is 9.94. The van der Waals surface area contributed by atoms with Crippen LogP contribution in [-0.2, 0) is 0 Å². The largest absolute Gasteiger partial charge is 0.382 e. The number of imidazole rings is 1. The summed E-state index contributed by atoms with van der Waals surface area (Å²) in [6, 6.07) is 6.20. The van der Waals surface area contributed by atoms with Gasteiger partial charge in [-0.3, -0.25) is 0 Å². The van der Waals surface area contributed by atoms with E-state index in [9.17, 15) is 0 Å². The Morgan fingerprint density at radius 1 is 1.13 bits per heavy atom. The molecule has 0 amide bonds. The fourth-order valence-electron chi connectivity index (χ4n) is 1.70. The highest BCUT2D eigenvalue weighted by molar-refractivity contribution is 5.71. The van der Waals surface area contributed by atoms with E-state index in [2.05, 4.69) is 11.1 Å². The molecular formula is C11H14N4. The minimum atomic E-state index is 0.486. The monoisotopic (exact) mass is 202 g/mol. The van der Waals surface area contributed by atoms with Crippen LogP contribution in [0.1, 0.15) is 11.1 Å². The Labute approximate surface area is 88.5 Å². The van der Waals surface area contributed by atoms with E-state index in [-0.39, 0.29) is 0 Å². The van der Waals surface area contributed by atoms with Gasteiger partial charge in [-0.05, 0) is 26.0 Å². The molecule has 4 N–H and O–H groups in total. The lowest BCUT2D eigenvalue weighted by atomic mass is 10.1. The summed E-state index contributed by atoms with van der Waals surface area (Å²) in [6.07, 6.45) is 1.52. The Bertz CT molecular complexity index is 479. The Morgan fingerprint density at radius 2 is 1.73 bits per heavy atom. The normalized spacial score (nSPS) is 10.5. The highest BCUT2D eigenvalue weighted by Gasteiger charge is 2.08. The second kappa shape index (κ2) is 3.31. The van der Waals surface area contributed by atoms with Crippen molar-refractivity contribution in [3.63, 3.8) is 0 Å². The molecule has 15 heavy (non-hydrogen) atoms. The average molecular weight is 202 g/mol. The third-order valence-electron chi connectivity index (χ3n) is 2.33. The first-order valence-corrected chi connectivity index (χ1v) is 4.74. The van der Waals surface area contributed by atoms with Gasteiger partial charge in [0.1, 0.15) is 17.8 Å². The maximum atomic E-state index is 5.81. The zero-order valence-electron chi connectivity index (χ0n) is 8.86. The molecule has 4 heteroatoms. The molecule has 0 spiro atoms. The lowest BCUT2D eigenvalue weighted by Crippen LogP contribution is -2.10. The van der Waals surface area contributed by atoms with E-state index in [1.165, 1.54) is 22.1 Å². The van der Waals surface area contributed by atoms with Crippen molar-refractivity contribution in [1.29, 1.82) is 0 Å². The molecule has 0 bridgehead atoms. The van der Waals surface area contributed by atoms with Crippen LogP contribution in [0.3, 0.4) is 0 Å². The molecule has 1 aromatic heterocycles. The molecule has 0 radical (unpaired) electrons. The van der Waals surface area contributed by atoms with E-state index in [1.807, 2.05) is 26.0 Å². The zero-order valence-corrected chi connectivity index (χ0v) is 8.86. The fourth-order valence-corrected chi connectivity index (χ4v) is 1.70. The fraction of sp³-hybridized carbons (Fsp3) is 0.182. The molecule has 2 rings (SSSR count). The van der Waals surface area contributed by atoms with Crippen LogP contribution in [0.25, 0.3) is 11.3 Å². The second-order valence-corrected chi connectivity index (χ2v) is 3.76. The number of rotatable bonds is 1. The van der Waals surface area contributed by atoms with Crippen LogP contribution >= 0.6 is 0 Å². The highest BCUT2D eigenvalue weighted by atomic mass is 15.3. The van der Waals surface area contributed by atoms with Gasteiger partial charge in [-0.15, -0.1) is 0 Å². The van der Waals surface area contributed by atoms with E-state index < -0.39 is 0 Å². The SMILES string of the molecule is Cc1cc(C)cc(-c2ncn(N)c2N)c1. The third-order valence-corrected chi connectivity index (χ3v) is 2.33. The van der Waals surface area contributed by atoms with Crippen molar-refractivity contribution in [1.82, 2.24) is 9.66 Å². The molecule has 0 saturated carbocycles. The molecule has 0 saturated heterocycles. The standard InChI is InChI=1S/C11H14N4/c1-7-3-8(2)5-9(4-7)10-11(12)15(13)6-14-10/h3-6H,12-13H2,1-2H3. The smallest absolute Gasteiger partial charge is 0.150 e. The summed E-state index contributed by atoms with van der Waals surface area (Å²) in [5.74, 6) is 6.07. The third kappa shape index (κ3) is 1.66. The molecule has 0 aliphatic carbocycles. The molecule has 4 nitrogen and oxygen atoms in total. The van der Waals surface area contributed by atoms with Crippen LogP contribution in [0.15, 0.2) is 24.5 Å². The van der Waals surface area contributed by atoms with Gasteiger partial charge in [-0.25, -0.2) is 9.66 Å². The Balaban J connectivity index is 2.58. The predicted molar refractivity (Wildman–Crippen MR) is 61.7 cm³/mol. The van der Waals surface area contributed by atoms with E-state index >= 15 is 0 Å². The minimum Gasteiger partial charge on any atom is -0.382 e. The lowest BCUT2D eigenvalue weighted by molar-refractivity contribution is 1.01. The van der Waals surface area contributed by atoms with E-state index in [1.54, 1.807) is 0 Å². The molecule has 0 atom stereocenters. The number of anilines is 1. The van der Waals surface area contributed by atoms with Gasteiger partial charge in [0.2, 0.25) is 0 Å². The maximum absolute atomic E-state index is 5.81. The first-order valence-electron chi connectivity index (χ1n) is 4.74. The number of nitrogens with two attached hydrogens (primary N) is 2. The predicted octanol–water partition coefficient (Wildman–Crippen LogP) is 1.46. The number of aryl methyl sites for hydroxylation is 2. The first-order chi connectivity index (χ1) is 7.08. The minimum absolute atomic E-state index is 0.486. The number of aromatic nitrogens is 2. The summed E-state index contributed by atoms with van der Waals surface area (Å²) in [4.78, 5) is 4.18. The van der Waals surface area contributed by atoms with Crippen molar-refractivity contribution in [2.45, 2.75) is 13.8 Å². The molecule has 2 aromatic rings. The summed E-state index contributed by atoms with van der Waals surface area (Å²) >= 11 is 0. The summed E-state index contributed by atoms with van der Waals surface area (Å²) in [6.45, 7) is 4.10. The van der Waals surface area contributed by atoms with Gasteiger partial charge in [-0.1, -0.05) is 17.2 Å². The van der Waals surface area contributed by atoms with E-state index in [4.69, 9.17) is 11.6 Å². The van der Waals surface area contributed by atoms with Crippen molar-refractivity contribution in [2.75, 3.05) is 11.6 Å². The molecule has 0 aliphatic heterocycles. The number of hydrogen-bond acceptors (Lipinski definition) is 3. The Morgan fingerprint density at radius 3 is 2.20 bits per heavy atom. The Kier molecular flexibility index (Phi) is 2.11. The molecule has 0 aliphatic rings. The number of nitrogens with zero attached hydrogens (tertiary/aromatic N) is 2. The molecule has 1 heterocycles. The van der Waals surface area contributed by atoms with Gasteiger partial charge in [0.15, 0.2) is 0 Å². The van der Waals surface area contributed by atoms with Gasteiger partial charge >= 0.3 is 0 Å². The quantitative estimate of drug-likeness (QED) is 0.688. The number of nitrogen functional groups attached to an aromatic ring is 2. The summed E-state index contributed by atoms with van der Waals surface area (Å²) < 4.78 is 1.33. The second-order valence-electron chi connectivity index (χ2n) is 3.76. The highest BCUT2D eigenvalue weighted by Crippen LogP contribution is 2.24. The van der Waals surface area contributed by atoms with Gasteiger partial charge in [0, 0.05) is 5.56 Å². The summed E-state index contributed by atoms with van der Waals surface area (Å²) in [7, 11) is 0. The van der Waals surface area contributed by atoms with Crippen LogP contribution < -0.4 is 11.6 Å². The van der Waals surface area contributed by atoms with Crippen LogP contribution in [0, 0.1) is 13.8 Å². The van der Waals surface area contributed by atoms with Gasteiger partial charge in [0.25, 0.3) is 0 Å². The van der Waals surface area contributed by atoms with Gasteiger partial charge in [-0.2, -0.15) is 0 Å². The van der Waals surface area contributed by atoms with E-state index in [0.29, 0.717) is 5.82 Å². The van der Waals surface area contributed by atoms with Crippen LogP contribution in [0.4, 0.5) is 5.82 Å². The molecule has 0 unspecified atom stereocenters. The van der Waals surface area contributed by atoms with Crippen molar-refractivity contribution in [3.05, 3.63) is 35.7 Å². The number of benzene rings is 1. The molecular weight excluding hydrogens is 188 g/mol. The van der Waals surface area contributed by atoms with Gasteiger partial charge in [0.05, 0.1) is 0 Å². The zero-order chi connectivity index (χ0) is 11.0. The van der Waals surface area contributed by atoms with Crippen molar-refractivity contribution in [3.8, 4) is 11.3 Å². The van der Waals surface area contributed by atoms with E-state index in [0.717, 1.165) is 11.3 Å². The van der Waals surface area contributed by atoms with Crippen LogP contribution in [-0.4, -0.2) is 9.66 Å².